The van der Waals surface area contributed by atoms with Crippen molar-refractivity contribution in [1.29, 1.82) is 0 Å². The molecule has 0 saturated carbocycles. The Morgan fingerprint density at radius 2 is 2.00 bits per heavy atom. The van der Waals surface area contributed by atoms with E-state index in [2.05, 4.69) is 33.2 Å². The monoisotopic (exact) mass is 346 g/mol. The Morgan fingerprint density at radius 1 is 1.29 bits per heavy atom. The highest BCUT2D eigenvalue weighted by Gasteiger charge is 2.15. The SMILES string of the molecule is CC(C)NCCCC(=O)Nc1c(Cl)cc(Cl)c2nsnc12. The van der Waals surface area contributed by atoms with Crippen molar-refractivity contribution in [2.45, 2.75) is 32.7 Å². The maximum Gasteiger partial charge on any atom is 0.224 e. The van der Waals surface area contributed by atoms with Crippen molar-refractivity contribution < 1.29 is 4.79 Å². The summed E-state index contributed by atoms with van der Waals surface area (Å²) in [7, 11) is 0. The van der Waals surface area contributed by atoms with Crippen molar-refractivity contribution in [3.63, 3.8) is 0 Å². The maximum atomic E-state index is 12.0. The van der Waals surface area contributed by atoms with Gasteiger partial charge < -0.3 is 10.6 Å². The van der Waals surface area contributed by atoms with E-state index in [9.17, 15) is 4.79 Å². The summed E-state index contributed by atoms with van der Waals surface area (Å²) < 4.78 is 8.25. The van der Waals surface area contributed by atoms with Crippen molar-refractivity contribution in [3.8, 4) is 0 Å². The summed E-state index contributed by atoms with van der Waals surface area (Å²) in [5, 5.41) is 6.87. The van der Waals surface area contributed by atoms with Gasteiger partial charge in [0.1, 0.15) is 11.0 Å². The molecule has 0 unspecified atom stereocenters. The van der Waals surface area contributed by atoms with Gasteiger partial charge in [0.05, 0.1) is 27.5 Å². The molecule has 5 nitrogen and oxygen atoms in total. The Balaban J connectivity index is 2.03. The van der Waals surface area contributed by atoms with Gasteiger partial charge in [-0.1, -0.05) is 37.0 Å². The molecule has 1 aromatic heterocycles. The number of halogens is 2. The lowest BCUT2D eigenvalue weighted by atomic mass is 10.2. The Bertz CT molecular complexity index is 644. The second-order valence-corrected chi connectivity index (χ2v) is 6.28. The number of fused-ring (bicyclic) bond motifs is 1. The molecule has 0 aliphatic rings. The van der Waals surface area contributed by atoms with Gasteiger partial charge >= 0.3 is 0 Å². The smallest absolute Gasteiger partial charge is 0.224 e. The lowest BCUT2D eigenvalue weighted by Crippen LogP contribution is -2.24. The van der Waals surface area contributed by atoms with Crippen LogP contribution in [0.2, 0.25) is 10.0 Å². The van der Waals surface area contributed by atoms with Crippen LogP contribution in [0.4, 0.5) is 5.69 Å². The van der Waals surface area contributed by atoms with E-state index in [-0.39, 0.29) is 5.91 Å². The number of benzene rings is 1. The Hall–Kier alpha value is -0.950. The molecule has 0 aliphatic heterocycles. The molecular weight excluding hydrogens is 331 g/mol. The third kappa shape index (κ3) is 4.26. The van der Waals surface area contributed by atoms with E-state index in [0.29, 0.717) is 39.2 Å². The number of amides is 1. The number of carbonyl (C=O) groups is 1. The van der Waals surface area contributed by atoms with E-state index in [0.717, 1.165) is 24.7 Å². The van der Waals surface area contributed by atoms with E-state index < -0.39 is 0 Å². The molecule has 2 N–H and O–H groups in total. The number of aromatic nitrogens is 2. The topological polar surface area (TPSA) is 66.9 Å². The van der Waals surface area contributed by atoms with Crippen LogP contribution in [0.15, 0.2) is 6.07 Å². The molecule has 1 heterocycles. The minimum Gasteiger partial charge on any atom is -0.323 e. The quantitative estimate of drug-likeness (QED) is 0.782. The molecule has 0 saturated heterocycles. The van der Waals surface area contributed by atoms with Crippen molar-refractivity contribution in [1.82, 2.24) is 14.1 Å². The van der Waals surface area contributed by atoms with Crippen molar-refractivity contribution in [3.05, 3.63) is 16.1 Å². The summed E-state index contributed by atoms with van der Waals surface area (Å²) in [6, 6.07) is 1.99. The molecule has 0 spiro atoms. The van der Waals surface area contributed by atoms with Gasteiger partial charge in [-0.25, -0.2) is 0 Å². The summed E-state index contributed by atoms with van der Waals surface area (Å²) in [6.07, 6.45) is 1.17. The lowest BCUT2D eigenvalue weighted by Gasteiger charge is -2.10. The standard InChI is InChI=1S/C13H16Cl2N4OS/c1-7(2)16-5-3-4-10(20)17-11-8(14)6-9(15)12-13(11)19-21-18-12/h6-7,16H,3-5H2,1-2H3,(H,17,20). The minimum atomic E-state index is -0.0981. The summed E-state index contributed by atoms with van der Waals surface area (Å²) in [5.74, 6) is -0.0981. The van der Waals surface area contributed by atoms with Gasteiger partial charge in [0, 0.05) is 12.5 Å². The van der Waals surface area contributed by atoms with Crippen LogP contribution in [0.3, 0.4) is 0 Å². The normalized spacial score (nSPS) is 11.3. The van der Waals surface area contributed by atoms with Crippen LogP contribution in [-0.4, -0.2) is 27.2 Å². The number of anilines is 1. The first-order valence-corrected chi connectivity index (χ1v) is 8.11. The Labute approximate surface area is 137 Å². The first kappa shape index (κ1) is 16.4. The minimum absolute atomic E-state index is 0.0981. The number of nitrogens with one attached hydrogen (secondary N) is 2. The van der Waals surface area contributed by atoms with Gasteiger partial charge in [-0.3, -0.25) is 4.79 Å². The molecule has 2 rings (SSSR count). The highest BCUT2D eigenvalue weighted by molar-refractivity contribution is 7.00. The molecule has 0 radical (unpaired) electrons. The summed E-state index contributed by atoms with van der Waals surface area (Å²) in [6.45, 7) is 4.94. The van der Waals surface area contributed by atoms with Gasteiger partial charge in [-0.05, 0) is 19.0 Å². The third-order valence-corrected chi connectivity index (χ3v) is 3.96. The van der Waals surface area contributed by atoms with E-state index in [1.165, 1.54) is 0 Å². The van der Waals surface area contributed by atoms with Crippen molar-refractivity contribution in [2.24, 2.45) is 0 Å². The number of hydrogen-bond donors (Lipinski definition) is 2. The zero-order valence-electron chi connectivity index (χ0n) is 11.7. The molecule has 0 aliphatic carbocycles. The second kappa shape index (κ2) is 7.35. The van der Waals surface area contributed by atoms with Crippen LogP contribution in [-0.2, 0) is 4.79 Å². The van der Waals surface area contributed by atoms with Gasteiger partial charge in [0.15, 0.2) is 0 Å². The fourth-order valence-electron chi connectivity index (χ4n) is 1.83. The molecular formula is C13H16Cl2N4OS. The number of nitrogens with zero attached hydrogens (tertiary/aromatic N) is 2. The number of carbonyl (C=O) groups excluding carboxylic acids is 1. The fourth-order valence-corrected chi connectivity index (χ4v) is 2.99. The Morgan fingerprint density at radius 3 is 2.71 bits per heavy atom. The van der Waals surface area contributed by atoms with Crippen LogP contribution in [0, 0.1) is 0 Å². The summed E-state index contributed by atoms with van der Waals surface area (Å²) >= 11 is 13.2. The molecule has 0 fully saturated rings. The van der Waals surface area contributed by atoms with E-state index >= 15 is 0 Å². The molecule has 21 heavy (non-hydrogen) atoms. The molecule has 1 aromatic carbocycles. The first-order chi connectivity index (χ1) is 9.99. The van der Waals surface area contributed by atoms with E-state index in [1.54, 1.807) is 6.07 Å². The molecule has 0 atom stereocenters. The predicted molar refractivity (Wildman–Crippen MR) is 88.4 cm³/mol. The van der Waals surface area contributed by atoms with Crippen LogP contribution in [0.25, 0.3) is 11.0 Å². The van der Waals surface area contributed by atoms with Gasteiger partial charge in [-0.15, -0.1) is 0 Å². The zero-order chi connectivity index (χ0) is 15.4. The lowest BCUT2D eigenvalue weighted by molar-refractivity contribution is -0.116. The summed E-state index contributed by atoms with van der Waals surface area (Å²) in [5.41, 5.74) is 1.57. The van der Waals surface area contributed by atoms with Gasteiger partial charge in [0.2, 0.25) is 5.91 Å². The highest BCUT2D eigenvalue weighted by atomic mass is 35.5. The Kier molecular flexibility index (Phi) is 5.75. The van der Waals surface area contributed by atoms with E-state index in [1.807, 2.05) is 0 Å². The molecule has 8 heteroatoms. The molecule has 2 aromatic rings. The predicted octanol–water partition coefficient (Wildman–Crippen LogP) is 3.71. The second-order valence-electron chi connectivity index (χ2n) is 4.94. The largest absolute Gasteiger partial charge is 0.323 e. The highest BCUT2D eigenvalue weighted by Crippen LogP contribution is 2.35. The first-order valence-electron chi connectivity index (χ1n) is 6.62. The average Bonchev–Trinajstić information content (AvgIpc) is 2.89. The summed E-state index contributed by atoms with van der Waals surface area (Å²) in [4.78, 5) is 12.0. The van der Waals surface area contributed by atoms with Crippen LogP contribution in [0.1, 0.15) is 26.7 Å². The molecule has 0 bridgehead atoms. The van der Waals surface area contributed by atoms with Gasteiger partial charge in [-0.2, -0.15) is 8.75 Å². The number of hydrogen-bond acceptors (Lipinski definition) is 5. The molecule has 1 amide bonds. The average molecular weight is 347 g/mol. The zero-order valence-corrected chi connectivity index (χ0v) is 14.1. The van der Waals surface area contributed by atoms with Crippen molar-refractivity contribution >= 4 is 57.6 Å². The fraction of sp³-hybridized carbons (Fsp3) is 0.462. The number of rotatable bonds is 6. The van der Waals surface area contributed by atoms with Crippen molar-refractivity contribution in [2.75, 3.05) is 11.9 Å². The molecule has 114 valence electrons. The maximum absolute atomic E-state index is 12.0. The van der Waals surface area contributed by atoms with Crippen LogP contribution in [0.5, 0.6) is 0 Å². The van der Waals surface area contributed by atoms with E-state index in [4.69, 9.17) is 23.2 Å². The van der Waals surface area contributed by atoms with Crippen LogP contribution >= 0.6 is 34.9 Å². The van der Waals surface area contributed by atoms with Crippen LogP contribution < -0.4 is 10.6 Å². The van der Waals surface area contributed by atoms with Gasteiger partial charge in [0.25, 0.3) is 0 Å². The third-order valence-electron chi connectivity index (χ3n) is 2.84.